The maximum atomic E-state index is 9.45. The second-order valence-electron chi connectivity index (χ2n) is 20.6. The summed E-state index contributed by atoms with van der Waals surface area (Å²) in [6, 6.07) is 69.2. The molecule has 0 saturated heterocycles. The summed E-state index contributed by atoms with van der Waals surface area (Å²) in [6.45, 7) is 6.64. The van der Waals surface area contributed by atoms with Crippen LogP contribution in [0.1, 0.15) is 33.2 Å². The van der Waals surface area contributed by atoms with E-state index in [2.05, 4.69) is 200 Å². The summed E-state index contributed by atoms with van der Waals surface area (Å²) < 4.78 is 60.8. The van der Waals surface area contributed by atoms with E-state index in [1.165, 1.54) is 5.56 Å². The third-order valence-corrected chi connectivity index (χ3v) is 15.1. The summed E-state index contributed by atoms with van der Waals surface area (Å²) in [5, 5.41) is 4.50. The Morgan fingerprint density at radius 2 is 1.05 bits per heavy atom. The highest BCUT2D eigenvalue weighted by Crippen LogP contribution is 2.47. The number of ether oxygens (including phenoxy) is 1. The second-order valence-corrected chi connectivity index (χ2v) is 20.6. The van der Waals surface area contributed by atoms with Gasteiger partial charge in [-0.15, -0.1) is 0 Å². The van der Waals surface area contributed by atoms with Crippen LogP contribution in [0.15, 0.2) is 243 Å². The van der Waals surface area contributed by atoms with Crippen molar-refractivity contribution in [2.24, 2.45) is 0 Å². The Bertz CT molecular complexity index is 4900. The van der Waals surface area contributed by atoms with Crippen LogP contribution in [0.5, 0.6) is 11.5 Å². The van der Waals surface area contributed by atoms with Crippen LogP contribution in [-0.4, -0.2) is 18.7 Å². The Labute approximate surface area is 447 Å². The predicted molar refractivity (Wildman–Crippen MR) is 311 cm³/mol. The van der Waals surface area contributed by atoms with E-state index in [9.17, 15) is 2.74 Å². The minimum atomic E-state index is -0.452. The molecule has 6 heteroatoms. The van der Waals surface area contributed by atoms with Gasteiger partial charge in [0.2, 0.25) is 0 Å². The van der Waals surface area contributed by atoms with Gasteiger partial charge < -0.3 is 9.30 Å². The summed E-state index contributed by atoms with van der Waals surface area (Å²) in [5.41, 5.74) is 15.4. The Morgan fingerprint density at radius 1 is 0.461 bits per heavy atom. The molecule has 1 aliphatic heterocycles. The lowest BCUT2D eigenvalue weighted by Crippen LogP contribution is -2.32. The predicted octanol–water partition coefficient (Wildman–Crippen LogP) is 17.4. The van der Waals surface area contributed by atoms with Gasteiger partial charge in [-0.2, -0.15) is 0 Å². The van der Waals surface area contributed by atoms with Crippen LogP contribution >= 0.6 is 0 Å². The average molecular weight is 981 g/mol. The molecule has 360 valence electrons. The van der Waals surface area contributed by atoms with Gasteiger partial charge in [0.1, 0.15) is 17.3 Å². The number of imidazole rings is 1. The standard InChI is InChI=1S/C70H49N5O/c1-70(2,3)46-38-39-71-67(40-46)75-64-32-14-11-26-57(64)58-37-35-50(43-66(58)75)76-49-21-15-20-47(41-49)72-44-73-68-51(45-18-5-4-6-19-45)27-16-28-60(68)61-42-48(74-62-30-12-9-24-55(62)56-25-10-13-31-63(56)74)34-36-54(61)52-22-7-8-23-53(52)59-29-17-33-65(72)69(59)73/h4-43H,1-3H3/i4D,5D,6D,18D,19D. The van der Waals surface area contributed by atoms with E-state index < -0.39 is 18.1 Å². The van der Waals surface area contributed by atoms with Crippen LogP contribution in [0.3, 0.4) is 0 Å². The van der Waals surface area contributed by atoms with Crippen molar-refractivity contribution in [3.63, 3.8) is 0 Å². The van der Waals surface area contributed by atoms with Gasteiger partial charge >= 0.3 is 0 Å². The smallest absolute Gasteiger partial charge is 0.269 e. The molecule has 15 rings (SSSR count). The molecule has 6 nitrogen and oxygen atoms in total. The van der Waals surface area contributed by atoms with Crippen molar-refractivity contribution in [1.29, 1.82) is 0 Å². The first-order chi connectivity index (χ1) is 39.4. The zero-order valence-electron chi connectivity index (χ0n) is 46.9. The molecule has 5 heterocycles. The number of rotatable bonds is 6. The number of hydrogen-bond acceptors (Lipinski definition) is 2. The van der Waals surface area contributed by atoms with Gasteiger partial charge in [-0.25, -0.2) is 4.98 Å². The lowest BCUT2D eigenvalue weighted by molar-refractivity contribution is -0.570. The maximum absolute atomic E-state index is 9.45. The van der Waals surface area contributed by atoms with E-state index in [4.69, 9.17) is 13.8 Å². The van der Waals surface area contributed by atoms with E-state index in [1.54, 1.807) is 0 Å². The minimum Gasteiger partial charge on any atom is -0.458 e. The lowest BCUT2D eigenvalue weighted by atomic mass is 9.88. The SMILES string of the molecule is [2H]c1c([2H])c([2H])c(-c2cccc3c2-[n+]2[c-]n(-c4cccc(Oc5ccc6c7ccccc7n(-c7cc(C(C)(C)C)ccn7)c6c5)c4)c4cccc(c42)-c2ccccc2-c2ccc(-n4c5ccccc5c5ccccc54)cc2-3)c([2H])c1[2H]. The van der Waals surface area contributed by atoms with Gasteiger partial charge in [-0.05, 0) is 128 Å². The molecule has 0 aliphatic carbocycles. The summed E-state index contributed by atoms with van der Waals surface area (Å²) in [4.78, 5) is 4.90. The molecule has 0 amide bonds. The maximum Gasteiger partial charge on any atom is 0.269 e. The summed E-state index contributed by atoms with van der Waals surface area (Å²) >= 11 is 0. The first kappa shape index (κ1) is 38.8. The Hall–Kier alpha value is -9.78. The van der Waals surface area contributed by atoms with Crippen molar-refractivity contribution in [2.45, 2.75) is 26.2 Å². The quantitative estimate of drug-likeness (QED) is 0.123. The fraction of sp³-hybridized carbons (Fsp3) is 0.0571. The summed E-state index contributed by atoms with van der Waals surface area (Å²) in [6.07, 6.45) is 5.71. The fourth-order valence-electron chi connectivity index (χ4n) is 11.7. The summed E-state index contributed by atoms with van der Waals surface area (Å²) in [5.74, 6) is 2.10. The van der Waals surface area contributed by atoms with Crippen LogP contribution < -0.4 is 9.30 Å². The molecule has 0 atom stereocenters. The molecular formula is C70H49N5O. The molecule has 0 fully saturated rings. The van der Waals surface area contributed by atoms with Crippen molar-refractivity contribution < 1.29 is 16.2 Å². The Kier molecular flexibility index (Phi) is 8.62. The highest BCUT2D eigenvalue weighted by molar-refractivity contribution is 6.11. The number of hydrogen-bond donors (Lipinski definition) is 0. The molecule has 14 aromatic rings. The first-order valence-corrected chi connectivity index (χ1v) is 25.6. The van der Waals surface area contributed by atoms with Crippen LogP contribution in [0.25, 0.3) is 122 Å². The summed E-state index contributed by atoms with van der Waals surface area (Å²) in [7, 11) is 0. The molecule has 0 unspecified atom stereocenters. The van der Waals surface area contributed by atoms with Crippen LogP contribution in [0, 0.1) is 6.33 Å². The lowest BCUT2D eigenvalue weighted by Gasteiger charge is -2.20. The highest BCUT2D eigenvalue weighted by atomic mass is 16.5. The molecule has 1 aliphatic rings. The van der Waals surface area contributed by atoms with E-state index in [0.717, 1.165) is 105 Å². The molecule has 0 radical (unpaired) electrons. The molecular weight excluding hydrogens is 927 g/mol. The van der Waals surface area contributed by atoms with Gasteiger partial charge in [-0.1, -0.05) is 178 Å². The highest BCUT2D eigenvalue weighted by Gasteiger charge is 2.27. The van der Waals surface area contributed by atoms with Gasteiger partial charge in [-0.3, -0.25) is 13.7 Å². The largest absolute Gasteiger partial charge is 0.458 e. The normalized spacial score (nSPS) is 13.1. The molecule has 0 spiro atoms. The number of nitrogens with zero attached hydrogens (tertiary/aromatic N) is 5. The average Bonchev–Trinajstić information content (AvgIpc) is 2.83. The number of aromatic nitrogens is 5. The van der Waals surface area contributed by atoms with E-state index in [-0.39, 0.29) is 23.1 Å². The van der Waals surface area contributed by atoms with Crippen molar-refractivity contribution in [2.75, 3.05) is 0 Å². The monoisotopic (exact) mass is 980 g/mol. The van der Waals surface area contributed by atoms with Gasteiger partial charge in [0.25, 0.3) is 6.33 Å². The first-order valence-electron chi connectivity index (χ1n) is 28.1. The van der Waals surface area contributed by atoms with Gasteiger partial charge in [0, 0.05) is 39.5 Å². The second kappa shape index (κ2) is 16.9. The number of pyridine rings is 1. The number of fused-ring (bicyclic) bond motifs is 13. The van der Waals surface area contributed by atoms with Gasteiger partial charge in [0.15, 0.2) is 0 Å². The van der Waals surface area contributed by atoms with Crippen LogP contribution in [0.4, 0.5) is 0 Å². The van der Waals surface area contributed by atoms with Crippen LogP contribution in [0.2, 0.25) is 0 Å². The fourth-order valence-corrected chi connectivity index (χ4v) is 11.7. The Balaban J connectivity index is 0.957. The zero-order valence-corrected chi connectivity index (χ0v) is 41.9. The topological polar surface area (TPSA) is 40.8 Å². The van der Waals surface area contributed by atoms with Crippen molar-refractivity contribution in [3.05, 3.63) is 255 Å². The van der Waals surface area contributed by atoms with E-state index in [0.29, 0.717) is 22.7 Å². The zero-order chi connectivity index (χ0) is 55.0. The third-order valence-electron chi connectivity index (χ3n) is 15.1. The third kappa shape index (κ3) is 6.80. The minimum absolute atomic E-state index is 0.0697. The number of para-hydroxylation sites is 5. The molecule has 0 N–H and O–H groups in total. The van der Waals surface area contributed by atoms with Crippen molar-refractivity contribution in [3.8, 4) is 78.9 Å². The number of benzene rings is 10. The molecule has 10 aromatic carbocycles. The van der Waals surface area contributed by atoms with Crippen molar-refractivity contribution >= 4 is 54.6 Å². The molecule has 76 heavy (non-hydrogen) atoms. The van der Waals surface area contributed by atoms with E-state index >= 15 is 0 Å². The molecule has 0 saturated carbocycles. The Morgan fingerprint density at radius 3 is 1.80 bits per heavy atom. The molecule has 4 aromatic heterocycles. The molecule has 0 bridgehead atoms. The van der Waals surface area contributed by atoms with Crippen molar-refractivity contribution in [1.82, 2.24) is 18.7 Å². The van der Waals surface area contributed by atoms with E-state index in [1.807, 2.05) is 57.8 Å². The van der Waals surface area contributed by atoms with Crippen LogP contribution in [-0.2, 0) is 5.41 Å². The van der Waals surface area contributed by atoms with Gasteiger partial charge in [0.05, 0.1) is 51.3 Å².